The number of hydrogen-bond acceptors (Lipinski definition) is 3. The van der Waals surface area contributed by atoms with Crippen LogP contribution in [0.4, 0.5) is 0 Å². The second-order valence-electron chi connectivity index (χ2n) is 4.91. The molecule has 0 amide bonds. The number of rotatable bonds is 8. The van der Waals surface area contributed by atoms with Gasteiger partial charge in [-0.1, -0.05) is 13.8 Å². The standard InChI is InChI=1S/C11H23NO3S/c1-3-11(4-2,9-13)8-12-16(14,15)7-10-5-6-10/h10,12-13H,3-9H2,1-2H3. The molecule has 2 N–H and O–H groups in total. The van der Waals surface area contributed by atoms with Gasteiger partial charge in [-0.25, -0.2) is 13.1 Å². The summed E-state index contributed by atoms with van der Waals surface area (Å²) < 4.78 is 26.0. The number of aliphatic hydroxyl groups is 1. The molecule has 0 atom stereocenters. The number of sulfonamides is 1. The molecule has 4 nitrogen and oxygen atoms in total. The van der Waals surface area contributed by atoms with Crippen LogP contribution >= 0.6 is 0 Å². The van der Waals surface area contributed by atoms with Gasteiger partial charge in [0.1, 0.15) is 0 Å². The molecule has 0 spiro atoms. The van der Waals surface area contributed by atoms with E-state index in [4.69, 9.17) is 0 Å². The van der Waals surface area contributed by atoms with Gasteiger partial charge < -0.3 is 5.11 Å². The van der Waals surface area contributed by atoms with E-state index < -0.39 is 10.0 Å². The summed E-state index contributed by atoms with van der Waals surface area (Å²) >= 11 is 0. The van der Waals surface area contributed by atoms with Crippen LogP contribution < -0.4 is 4.72 Å². The van der Waals surface area contributed by atoms with Crippen molar-refractivity contribution in [3.05, 3.63) is 0 Å². The number of nitrogens with one attached hydrogen (secondary N) is 1. The fourth-order valence-electron chi connectivity index (χ4n) is 1.70. The van der Waals surface area contributed by atoms with Crippen molar-refractivity contribution in [3.8, 4) is 0 Å². The Morgan fingerprint density at radius 2 is 1.88 bits per heavy atom. The summed E-state index contributed by atoms with van der Waals surface area (Å²) in [6, 6.07) is 0. The Bertz CT molecular complexity index is 297. The summed E-state index contributed by atoms with van der Waals surface area (Å²) in [7, 11) is -3.14. The summed E-state index contributed by atoms with van der Waals surface area (Å²) in [4.78, 5) is 0. The second kappa shape index (κ2) is 5.47. The van der Waals surface area contributed by atoms with Gasteiger partial charge in [0.15, 0.2) is 0 Å². The minimum atomic E-state index is -3.14. The summed E-state index contributed by atoms with van der Waals surface area (Å²) in [6.45, 7) is 4.35. The van der Waals surface area contributed by atoms with Crippen LogP contribution in [0.2, 0.25) is 0 Å². The molecule has 0 heterocycles. The third kappa shape index (κ3) is 4.03. The highest BCUT2D eigenvalue weighted by atomic mass is 32.2. The largest absolute Gasteiger partial charge is 0.396 e. The van der Waals surface area contributed by atoms with Gasteiger partial charge in [0.2, 0.25) is 10.0 Å². The molecular formula is C11H23NO3S. The average Bonchev–Trinajstić information content (AvgIpc) is 3.04. The molecule has 0 aromatic rings. The Labute approximate surface area is 98.5 Å². The Balaban J connectivity index is 2.46. The molecule has 0 unspecified atom stereocenters. The maximum atomic E-state index is 11.7. The van der Waals surface area contributed by atoms with Crippen LogP contribution in [0.15, 0.2) is 0 Å². The SMILES string of the molecule is CCC(CC)(CO)CNS(=O)(=O)CC1CC1. The molecular weight excluding hydrogens is 226 g/mol. The summed E-state index contributed by atoms with van der Waals surface area (Å²) in [5.41, 5.74) is -0.295. The Hall–Kier alpha value is -0.130. The maximum Gasteiger partial charge on any atom is 0.211 e. The van der Waals surface area contributed by atoms with E-state index in [1.165, 1.54) is 0 Å². The van der Waals surface area contributed by atoms with Crippen molar-refractivity contribution in [2.45, 2.75) is 39.5 Å². The van der Waals surface area contributed by atoms with E-state index >= 15 is 0 Å². The van der Waals surface area contributed by atoms with E-state index in [1.807, 2.05) is 13.8 Å². The van der Waals surface area contributed by atoms with Crippen LogP contribution in [0.25, 0.3) is 0 Å². The monoisotopic (exact) mass is 249 g/mol. The molecule has 5 heteroatoms. The number of aliphatic hydroxyl groups excluding tert-OH is 1. The lowest BCUT2D eigenvalue weighted by molar-refractivity contribution is 0.119. The van der Waals surface area contributed by atoms with Crippen LogP contribution in [0.1, 0.15) is 39.5 Å². The zero-order valence-corrected chi connectivity index (χ0v) is 11.0. The lowest BCUT2D eigenvalue weighted by atomic mass is 9.84. The summed E-state index contributed by atoms with van der Waals surface area (Å²) in [5.74, 6) is 0.617. The molecule has 0 saturated heterocycles. The van der Waals surface area contributed by atoms with Crippen LogP contribution in [-0.2, 0) is 10.0 Å². The molecule has 0 bridgehead atoms. The normalized spacial score (nSPS) is 17.7. The first kappa shape index (κ1) is 13.9. The van der Waals surface area contributed by atoms with Crippen molar-refractivity contribution in [3.63, 3.8) is 0 Å². The van der Waals surface area contributed by atoms with Gasteiger partial charge in [0.05, 0.1) is 5.75 Å². The molecule has 1 saturated carbocycles. The molecule has 1 fully saturated rings. The molecule has 96 valence electrons. The average molecular weight is 249 g/mol. The topological polar surface area (TPSA) is 66.4 Å². The van der Waals surface area contributed by atoms with Crippen molar-refractivity contribution >= 4 is 10.0 Å². The van der Waals surface area contributed by atoms with E-state index in [0.29, 0.717) is 12.5 Å². The smallest absolute Gasteiger partial charge is 0.211 e. The minimum Gasteiger partial charge on any atom is -0.396 e. The predicted molar refractivity (Wildman–Crippen MR) is 64.6 cm³/mol. The fourth-order valence-corrected chi connectivity index (χ4v) is 3.29. The highest BCUT2D eigenvalue weighted by molar-refractivity contribution is 7.89. The quantitative estimate of drug-likeness (QED) is 0.677. The predicted octanol–water partition coefficient (Wildman–Crippen LogP) is 1.11. The molecule has 0 aromatic carbocycles. The third-order valence-corrected chi connectivity index (χ3v) is 5.15. The van der Waals surface area contributed by atoms with Crippen LogP contribution in [-0.4, -0.2) is 32.4 Å². The van der Waals surface area contributed by atoms with Gasteiger partial charge >= 0.3 is 0 Å². The lowest BCUT2D eigenvalue weighted by Gasteiger charge is -2.29. The van der Waals surface area contributed by atoms with Crippen LogP contribution in [0.5, 0.6) is 0 Å². The lowest BCUT2D eigenvalue weighted by Crippen LogP contribution is -2.40. The fraction of sp³-hybridized carbons (Fsp3) is 1.00. The molecule has 0 aromatic heterocycles. The maximum absolute atomic E-state index is 11.7. The molecule has 1 aliphatic rings. The van der Waals surface area contributed by atoms with Gasteiger partial charge in [0, 0.05) is 18.6 Å². The third-order valence-electron chi connectivity index (χ3n) is 3.65. The molecule has 1 rings (SSSR count). The van der Waals surface area contributed by atoms with Crippen molar-refractivity contribution in [1.82, 2.24) is 4.72 Å². The van der Waals surface area contributed by atoms with Crippen molar-refractivity contribution in [2.24, 2.45) is 11.3 Å². The van der Waals surface area contributed by atoms with Gasteiger partial charge in [-0.3, -0.25) is 0 Å². The van der Waals surface area contributed by atoms with E-state index in [-0.39, 0.29) is 17.8 Å². The van der Waals surface area contributed by atoms with Crippen molar-refractivity contribution in [1.29, 1.82) is 0 Å². The van der Waals surface area contributed by atoms with E-state index in [9.17, 15) is 13.5 Å². The Morgan fingerprint density at radius 1 is 1.31 bits per heavy atom. The highest BCUT2D eigenvalue weighted by Crippen LogP contribution is 2.30. The molecule has 0 radical (unpaired) electrons. The van der Waals surface area contributed by atoms with Crippen molar-refractivity contribution < 1.29 is 13.5 Å². The minimum absolute atomic E-state index is 0.0337. The van der Waals surface area contributed by atoms with Gasteiger partial charge in [0.25, 0.3) is 0 Å². The summed E-state index contributed by atoms with van der Waals surface area (Å²) in [5, 5.41) is 9.33. The van der Waals surface area contributed by atoms with Crippen LogP contribution in [0, 0.1) is 11.3 Å². The van der Waals surface area contributed by atoms with E-state index in [0.717, 1.165) is 25.7 Å². The first-order valence-corrected chi connectivity index (χ1v) is 7.70. The Kier molecular flexibility index (Phi) is 4.76. The molecule has 0 aliphatic heterocycles. The Morgan fingerprint density at radius 3 is 2.25 bits per heavy atom. The number of hydrogen-bond donors (Lipinski definition) is 2. The highest BCUT2D eigenvalue weighted by Gasteiger charge is 2.31. The van der Waals surface area contributed by atoms with Crippen molar-refractivity contribution in [2.75, 3.05) is 18.9 Å². The zero-order chi connectivity index (χ0) is 12.2. The molecule has 16 heavy (non-hydrogen) atoms. The summed E-state index contributed by atoms with van der Waals surface area (Å²) in [6.07, 6.45) is 3.64. The first-order chi connectivity index (χ1) is 7.47. The second-order valence-corrected chi connectivity index (χ2v) is 6.76. The van der Waals surface area contributed by atoms with E-state index in [2.05, 4.69) is 4.72 Å². The van der Waals surface area contributed by atoms with Gasteiger partial charge in [-0.05, 0) is 31.6 Å². The van der Waals surface area contributed by atoms with Gasteiger partial charge in [-0.15, -0.1) is 0 Å². The van der Waals surface area contributed by atoms with Gasteiger partial charge in [-0.2, -0.15) is 0 Å². The van der Waals surface area contributed by atoms with E-state index in [1.54, 1.807) is 0 Å². The first-order valence-electron chi connectivity index (χ1n) is 6.05. The van der Waals surface area contributed by atoms with Crippen LogP contribution in [0.3, 0.4) is 0 Å². The molecule has 1 aliphatic carbocycles. The zero-order valence-electron chi connectivity index (χ0n) is 10.2.